The molecule has 0 saturated carbocycles. The van der Waals surface area contributed by atoms with Gasteiger partial charge in [-0.15, -0.1) is 13.2 Å². The quantitative estimate of drug-likeness (QED) is 0.693. The number of rotatable bonds is 7. The summed E-state index contributed by atoms with van der Waals surface area (Å²) in [5.41, 5.74) is 0.753. The van der Waals surface area contributed by atoms with Crippen molar-refractivity contribution in [3.05, 3.63) is 52.4 Å². The maximum absolute atomic E-state index is 12.6. The Hall–Kier alpha value is -3.01. The number of hydrogen-bond donors (Lipinski definition) is 1. The molecule has 1 aliphatic rings. The number of benzene rings is 1. The molecule has 0 radical (unpaired) electrons. The van der Waals surface area contributed by atoms with E-state index in [0.29, 0.717) is 23.8 Å². The lowest BCUT2D eigenvalue weighted by molar-refractivity contribution is -0.274. The summed E-state index contributed by atoms with van der Waals surface area (Å²) in [6, 6.07) is 6.36. The minimum atomic E-state index is -4.78. The zero-order valence-electron chi connectivity index (χ0n) is 17.9. The van der Waals surface area contributed by atoms with Gasteiger partial charge in [-0.25, -0.2) is 0 Å². The number of piperidine rings is 1. The van der Waals surface area contributed by atoms with Gasteiger partial charge in [0.1, 0.15) is 12.3 Å². The number of ether oxygens (including phenoxy) is 2. The molecule has 32 heavy (non-hydrogen) atoms. The van der Waals surface area contributed by atoms with Crippen LogP contribution in [0.1, 0.15) is 25.5 Å². The van der Waals surface area contributed by atoms with E-state index in [9.17, 15) is 22.8 Å². The molecule has 3 rings (SSSR count). The van der Waals surface area contributed by atoms with Crippen LogP contribution in [0.4, 0.5) is 18.9 Å². The van der Waals surface area contributed by atoms with Gasteiger partial charge < -0.3 is 19.4 Å². The molecule has 0 unspecified atom stereocenters. The lowest BCUT2D eigenvalue weighted by Crippen LogP contribution is -2.34. The molecule has 10 heteroatoms. The van der Waals surface area contributed by atoms with Crippen molar-refractivity contribution in [2.75, 3.05) is 25.5 Å². The van der Waals surface area contributed by atoms with Gasteiger partial charge in [0, 0.05) is 24.0 Å². The molecule has 1 aromatic heterocycles. The fourth-order valence-electron chi connectivity index (χ4n) is 3.57. The summed E-state index contributed by atoms with van der Waals surface area (Å²) in [5.74, 6) is 0.0259. The summed E-state index contributed by atoms with van der Waals surface area (Å²) >= 11 is 0. The fourth-order valence-corrected chi connectivity index (χ4v) is 3.57. The first-order chi connectivity index (χ1) is 15.1. The van der Waals surface area contributed by atoms with Crippen LogP contribution in [0.25, 0.3) is 0 Å². The highest BCUT2D eigenvalue weighted by molar-refractivity contribution is 5.90. The predicted molar refractivity (Wildman–Crippen MR) is 113 cm³/mol. The van der Waals surface area contributed by atoms with E-state index in [1.807, 2.05) is 0 Å². The topological polar surface area (TPSA) is 72.8 Å². The summed E-state index contributed by atoms with van der Waals surface area (Å²) < 4.78 is 47.4. The number of hydrogen-bond acceptors (Lipinski definition) is 5. The minimum Gasteiger partial charge on any atom is -0.491 e. The predicted octanol–water partition coefficient (Wildman–Crippen LogP) is 3.63. The molecule has 174 valence electrons. The summed E-state index contributed by atoms with van der Waals surface area (Å²) in [5, 5.41) is 2.64. The largest absolute Gasteiger partial charge is 0.573 e. The van der Waals surface area contributed by atoms with Crippen molar-refractivity contribution < 1.29 is 27.4 Å². The van der Waals surface area contributed by atoms with E-state index in [2.05, 4.69) is 21.9 Å². The molecule has 0 atom stereocenters. The number of likely N-dealkylation sites (tertiary alicyclic amines) is 1. The Balaban J connectivity index is 1.70. The molecule has 2 aromatic rings. The van der Waals surface area contributed by atoms with E-state index in [1.54, 1.807) is 4.57 Å². The van der Waals surface area contributed by atoms with Crippen molar-refractivity contribution >= 4 is 11.6 Å². The van der Waals surface area contributed by atoms with Crippen LogP contribution in [0, 0.1) is 5.92 Å². The van der Waals surface area contributed by atoms with Crippen LogP contribution in [0.5, 0.6) is 11.5 Å². The normalized spacial score (nSPS) is 15.4. The SMILES string of the molecule is COc1cn(CC(=O)Nc2ccc(OC(F)(F)F)cc2)c(CN2CCC(C)CC2)cc1=O. The zero-order chi connectivity index (χ0) is 23.3. The van der Waals surface area contributed by atoms with Gasteiger partial charge in [-0.2, -0.15) is 0 Å². The molecule has 1 amide bonds. The number of methoxy groups -OCH3 is 1. The van der Waals surface area contributed by atoms with Gasteiger partial charge in [0.2, 0.25) is 11.3 Å². The number of amides is 1. The maximum atomic E-state index is 12.6. The van der Waals surface area contributed by atoms with Crippen molar-refractivity contribution in [2.45, 2.75) is 39.2 Å². The van der Waals surface area contributed by atoms with Gasteiger partial charge in [0.25, 0.3) is 0 Å². The van der Waals surface area contributed by atoms with Crippen molar-refractivity contribution in [3.63, 3.8) is 0 Å². The summed E-state index contributed by atoms with van der Waals surface area (Å²) in [6.07, 6.45) is -1.12. The molecule has 1 aliphatic heterocycles. The van der Waals surface area contributed by atoms with Crippen molar-refractivity contribution in [3.8, 4) is 11.5 Å². The van der Waals surface area contributed by atoms with E-state index in [1.165, 1.54) is 31.5 Å². The Kier molecular flexibility index (Phi) is 7.44. The molecule has 0 bridgehead atoms. The summed E-state index contributed by atoms with van der Waals surface area (Å²) in [7, 11) is 1.39. The fraction of sp³-hybridized carbons (Fsp3) is 0.455. The Morgan fingerprint density at radius 3 is 2.44 bits per heavy atom. The lowest BCUT2D eigenvalue weighted by atomic mass is 9.99. The molecule has 0 spiro atoms. The monoisotopic (exact) mass is 453 g/mol. The Labute approximate surface area is 183 Å². The highest BCUT2D eigenvalue weighted by Gasteiger charge is 2.31. The number of anilines is 1. The number of alkyl halides is 3. The second-order valence-corrected chi connectivity index (χ2v) is 7.90. The maximum Gasteiger partial charge on any atom is 0.573 e. The van der Waals surface area contributed by atoms with Crippen LogP contribution in [0.2, 0.25) is 0 Å². The average Bonchev–Trinajstić information content (AvgIpc) is 2.72. The number of carbonyl (C=O) groups is 1. The molecule has 1 N–H and O–H groups in total. The first kappa shape index (κ1) is 23.6. The minimum absolute atomic E-state index is 0.0863. The van der Waals surface area contributed by atoms with Crippen LogP contribution in [-0.4, -0.2) is 41.9 Å². The third kappa shape index (κ3) is 6.74. The van der Waals surface area contributed by atoms with Crippen molar-refractivity contribution in [1.29, 1.82) is 0 Å². The van der Waals surface area contributed by atoms with Crippen molar-refractivity contribution in [2.24, 2.45) is 5.92 Å². The second-order valence-electron chi connectivity index (χ2n) is 7.90. The van der Waals surface area contributed by atoms with Gasteiger partial charge in [0.05, 0.1) is 13.3 Å². The third-order valence-electron chi connectivity index (χ3n) is 5.35. The molecular weight excluding hydrogens is 427 g/mol. The molecule has 7 nitrogen and oxygen atoms in total. The number of pyridine rings is 1. The van der Waals surface area contributed by atoms with Gasteiger partial charge in [0.15, 0.2) is 5.75 Å². The molecular formula is C22H26F3N3O4. The van der Waals surface area contributed by atoms with Crippen LogP contribution >= 0.6 is 0 Å². The second kappa shape index (κ2) is 10.1. The van der Waals surface area contributed by atoms with E-state index >= 15 is 0 Å². The van der Waals surface area contributed by atoms with E-state index in [-0.39, 0.29) is 23.5 Å². The molecule has 1 aromatic carbocycles. The van der Waals surface area contributed by atoms with E-state index in [4.69, 9.17) is 4.74 Å². The third-order valence-corrected chi connectivity index (χ3v) is 5.35. The van der Waals surface area contributed by atoms with E-state index in [0.717, 1.165) is 38.1 Å². The van der Waals surface area contributed by atoms with Crippen LogP contribution in [0.15, 0.2) is 41.3 Å². The van der Waals surface area contributed by atoms with Crippen molar-refractivity contribution in [1.82, 2.24) is 9.47 Å². The molecule has 1 fully saturated rings. The Morgan fingerprint density at radius 2 is 1.84 bits per heavy atom. The van der Waals surface area contributed by atoms with E-state index < -0.39 is 12.3 Å². The standard InChI is InChI=1S/C22H26F3N3O4/c1-15-7-9-27(10-8-15)12-17-11-19(29)20(31-2)13-28(17)14-21(30)26-16-3-5-18(6-4-16)32-22(23,24)25/h3-6,11,13,15H,7-10,12,14H2,1-2H3,(H,26,30). The van der Waals surface area contributed by atoms with Gasteiger partial charge in [-0.05, 0) is 56.1 Å². The highest BCUT2D eigenvalue weighted by atomic mass is 19.4. The Bertz CT molecular complexity index is 981. The van der Waals surface area contributed by atoms with Gasteiger partial charge in [-0.1, -0.05) is 6.92 Å². The zero-order valence-corrected chi connectivity index (χ0v) is 17.9. The molecule has 1 saturated heterocycles. The number of carbonyl (C=O) groups excluding carboxylic acids is 1. The van der Waals surface area contributed by atoms with Gasteiger partial charge >= 0.3 is 6.36 Å². The summed E-state index contributed by atoms with van der Waals surface area (Å²) in [6.45, 7) is 4.49. The smallest absolute Gasteiger partial charge is 0.491 e. The van der Waals surface area contributed by atoms with Crippen LogP contribution in [-0.2, 0) is 17.9 Å². The lowest BCUT2D eigenvalue weighted by Gasteiger charge is -2.31. The number of nitrogens with one attached hydrogen (secondary N) is 1. The van der Waals surface area contributed by atoms with Crippen LogP contribution < -0.4 is 20.2 Å². The first-order valence-corrected chi connectivity index (χ1v) is 10.3. The Morgan fingerprint density at radius 1 is 1.19 bits per heavy atom. The molecule has 2 heterocycles. The number of nitrogens with zero attached hydrogens (tertiary/aromatic N) is 2. The number of halogens is 3. The van der Waals surface area contributed by atoms with Gasteiger partial charge in [-0.3, -0.25) is 14.5 Å². The summed E-state index contributed by atoms with van der Waals surface area (Å²) in [4.78, 5) is 27.1. The number of aromatic nitrogens is 1. The average molecular weight is 453 g/mol. The highest BCUT2D eigenvalue weighted by Crippen LogP contribution is 2.24. The van der Waals surface area contributed by atoms with Crippen LogP contribution in [0.3, 0.4) is 0 Å². The first-order valence-electron chi connectivity index (χ1n) is 10.3. The molecule has 0 aliphatic carbocycles.